The first-order valence-electron chi connectivity index (χ1n) is 4.29. The number of hydrogen-bond donors (Lipinski definition) is 1. The fourth-order valence-electron chi connectivity index (χ4n) is 1.48. The maximum absolute atomic E-state index is 11.4. The van der Waals surface area contributed by atoms with Gasteiger partial charge < -0.3 is 0 Å². The van der Waals surface area contributed by atoms with Crippen molar-refractivity contribution in [1.82, 2.24) is 9.55 Å². The van der Waals surface area contributed by atoms with Crippen LogP contribution in [0.2, 0.25) is 0 Å². The van der Waals surface area contributed by atoms with Crippen molar-refractivity contribution >= 4 is 10.9 Å². The summed E-state index contributed by atoms with van der Waals surface area (Å²) in [4.78, 5) is 24.9. The molecule has 72 valence electrons. The van der Waals surface area contributed by atoms with Gasteiger partial charge in [-0.3, -0.25) is 14.3 Å². The lowest BCUT2D eigenvalue weighted by Gasteiger charge is -2.03. The summed E-state index contributed by atoms with van der Waals surface area (Å²) in [7, 11) is 1.63. The van der Waals surface area contributed by atoms with E-state index < -0.39 is 0 Å². The van der Waals surface area contributed by atoms with E-state index in [1.807, 2.05) is 13.0 Å². The van der Waals surface area contributed by atoms with Gasteiger partial charge in [0.1, 0.15) is 0 Å². The molecule has 0 saturated heterocycles. The van der Waals surface area contributed by atoms with Crippen molar-refractivity contribution in [2.45, 2.75) is 6.92 Å². The third-order valence-electron chi connectivity index (χ3n) is 2.28. The van der Waals surface area contributed by atoms with Crippen LogP contribution in [0.25, 0.3) is 10.9 Å². The Labute approximate surface area is 79.8 Å². The summed E-state index contributed by atoms with van der Waals surface area (Å²) in [5.41, 5.74) is 0.948. The van der Waals surface area contributed by atoms with Gasteiger partial charge in [0.2, 0.25) is 0 Å². The van der Waals surface area contributed by atoms with Gasteiger partial charge in [-0.25, -0.2) is 4.79 Å². The van der Waals surface area contributed by atoms with E-state index in [0.29, 0.717) is 10.9 Å². The number of aromatic amines is 1. The highest BCUT2D eigenvalue weighted by atomic mass is 16.2. The second-order valence-electron chi connectivity index (χ2n) is 3.34. The summed E-state index contributed by atoms with van der Waals surface area (Å²) < 4.78 is 1.43. The average molecular weight is 190 g/mol. The molecule has 0 bridgehead atoms. The minimum absolute atomic E-state index is 0.327. The van der Waals surface area contributed by atoms with Gasteiger partial charge in [-0.05, 0) is 19.1 Å². The Bertz CT molecular complexity index is 608. The molecular weight excluding hydrogens is 180 g/mol. The molecule has 0 amide bonds. The Balaban J connectivity index is 3.10. The molecule has 0 saturated carbocycles. The first-order chi connectivity index (χ1) is 6.59. The minimum atomic E-state index is -0.383. The molecule has 4 heteroatoms. The van der Waals surface area contributed by atoms with Crippen LogP contribution in [0.4, 0.5) is 0 Å². The lowest BCUT2D eigenvalue weighted by atomic mass is 10.2. The van der Waals surface area contributed by atoms with Crippen molar-refractivity contribution < 1.29 is 0 Å². The number of nitrogens with zero attached hydrogens (tertiary/aromatic N) is 1. The Hall–Kier alpha value is -1.84. The monoisotopic (exact) mass is 190 g/mol. The zero-order chi connectivity index (χ0) is 10.3. The molecule has 0 aliphatic carbocycles. The third-order valence-corrected chi connectivity index (χ3v) is 2.28. The summed E-state index contributed by atoms with van der Waals surface area (Å²) >= 11 is 0. The van der Waals surface area contributed by atoms with Gasteiger partial charge in [-0.2, -0.15) is 0 Å². The van der Waals surface area contributed by atoms with Crippen molar-refractivity contribution in [1.29, 1.82) is 0 Å². The molecule has 14 heavy (non-hydrogen) atoms. The predicted molar refractivity (Wildman–Crippen MR) is 54.5 cm³/mol. The van der Waals surface area contributed by atoms with Crippen molar-refractivity contribution in [3.8, 4) is 0 Å². The van der Waals surface area contributed by atoms with Crippen molar-refractivity contribution in [2.75, 3.05) is 0 Å². The molecule has 2 rings (SSSR count). The first kappa shape index (κ1) is 8.74. The van der Waals surface area contributed by atoms with Gasteiger partial charge in [-0.1, -0.05) is 11.6 Å². The maximum atomic E-state index is 11.4. The van der Waals surface area contributed by atoms with E-state index in [1.165, 1.54) is 4.57 Å². The smallest absolute Gasteiger partial charge is 0.296 e. The Morgan fingerprint density at radius 2 is 2.00 bits per heavy atom. The van der Waals surface area contributed by atoms with Crippen LogP contribution in [0.1, 0.15) is 5.56 Å². The molecule has 0 aliphatic heterocycles. The normalized spacial score (nSPS) is 10.7. The van der Waals surface area contributed by atoms with E-state index in [4.69, 9.17) is 0 Å². The van der Waals surface area contributed by atoms with Crippen LogP contribution >= 0.6 is 0 Å². The minimum Gasteiger partial charge on any atom is -0.296 e. The quantitative estimate of drug-likeness (QED) is 0.659. The zero-order valence-corrected chi connectivity index (χ0v) is 8.00. The second kappa shape index (κ2) is 2.83. The van der Waals surface area contributed by atoms with Crippen molar-refractivity contribution in [2.24, 2.45) is 7.05 Å². The molecule has 0 unspecified atom stereocenters. The molecule has 1 aromatic heterocycles. The van der Waals surface area contributed by atoms with Gasteiger partial charge in [0.25, 0.3) is 5.56 Å². The van der Waals surface area contributed by atoms with E-state index in [9.17, 15) is 9.59 Å². The van der Waals surface area contributed by atoms with E-state index in [1.54, 1.807) is 19.2 Å². The first-order valence-corrected chi connectivity index (χ1v) is 4.29. The largest absolute Gasteiger partial charge is 0.328 e. The standard InChI is InChI=1S/C10H10N2O2/c1-6-3-4-8-7(5-6)9(13)11-10(14)12(8)2/h3-5H,1-2H3,(H,11,13,14). The molecule has 0 spiro atoms. The van der Waals surface area contributed by atoms with Crippen LogP contribution in [0.15, 0.2) is 27.8 Å². The van der Waals surface area contributed by atoms with Gasteiger partial charge in [0.15, 0.2) is 0 Å². The van der Waals surface area contributed by atoms with Crippen LogP contribution < -0.4 is 11.2 Å². The molecule has 1 aromatic carbocycles. The lowest BCUT2D eigenvalue weighted by molar-refractivity contribution is 0.842. The summed E-state index contributed by atoms with van der Waals surface area (Å²) in [6.45, 7) is 1.91. The Morgan fingerprint density at radius 3 is 2.71 bits per heavy atom. The number of rotatable bonds is 0. The van der Waals surface area contributed by atoms with E-state index in [2.05, 4.69) is 4.98 Å². The number of benzene rings is 1. The second-order valence-corrected chi connectivity index (χ2v) is 3.34. The Morgan fingerprint density at radius 1 is 1.29 bits per heavy atom. The number of nitrogens with one attached hydrogen (secondary N) is 1. The third kappa shape index (κ3) is 1.16. The highest BCUT2D eigenvalue weighted by molar-refractivity contribution is 5.78. The van der Waals surface area contributed by atoms with Gasteiger partial charge in [-0.15, -0.1) is 0 Å². The Kier molecular flexibility index (Phi) is 1.77. The number of aromatic nitrogens is 2. The van der Waals surface area contributed by atoms with Crippen LogP contribution in [0, 0.1) is 6.92 Å². The highest BCUT2D eigenvalue weighted by Gasteiger charge is 2.03. The van der Waals surface area contributed by atoms with Crippen LogP contribution in [-0.2, 0) is 7.05 Å². The van der Waals surface area contributed by atoms with E-state index >= 15 is 0 Å². The number of H-pyrrole nitrogens is 1. The maximum Gasteiger partial charge on any atom is 0.328 e. The fraction of sp³-hybridized carbons (Fsp3) is 0.200. The van der Waals surface area contributed by atoms with Gasteiger partial charge in [0, 0.05) is 7.05 Å². The summed E-state index contributed by atoms with van der Waals surface area (Å²) in [5.74, 6) is 0. The average Bonchev–Trinajstić information content (AvgIpc) is 2.14. The molecule has 4 nitrogen and oxygen atoms in total. The van der Waals surface area contributed by atoms with Crippen molar-refractivity contribution in [3.63, 3.8) is 0 Å². The SMILES string of the molecule is Cc1ccc2c(c1)c(=O)[nH]c(=O)n2C. The van der Waals surface area contributed by atoms with Crippen LogP contribution in [0.5, 0.6) is 0 Å². The van der Waals surface area contributed by atoms with Crippen LogP contribution in [0.3, 0.4) is 0 Å². The summed E-state index contributed by atoms with van der Waals surface area (Å²) in [6.07, 6.45) is 0. The molecule has 0 fully saturated rings. The number of fused-ring (bicyclic) bond motifs is 1. The lowest BCUT2D eigenvalue weighted by Crippen LogP contribution is -2.28. The summed E-state index contributed by atoms with van der Waals surface area (Å²) in [6, 6.07) is 5.43. The van der Waals surface area contributed by atoms with Gasteiger partial charge in [0.05, 0.1) is 10.9 Å². The number of hydrogen-bond acceptors (Lipinski definition) is 2. The van der Waals surface area contributed by atoms with Crippen LogP contribution in [-0.4, -0.2) is 9.55 Å². The molecule has 0 radical (unpaired) electrons. The predicted octanol–water partition coefficient (Wildman–Crippen LogP) is 0.535. The molecule has 0 atom stereocenters. The molecule has 2 aromatic rings. The van der Waals surface area contributed by atoms with E-state index in [-0.39, 0.29) is 11.2 Å². The summed E-state index contributed by atoms with van der Waals surface area (Å²) in [5, 5.41) is 0.548. The van der Waals surface area contributed by atoms with E-state index in [0.717, 1.165) is 5.56 Å². The fourth-order valence-corrected chi connectivity index (χ4v) is 1.48. The molecule has 1 N–H and O–H groups in total. The zero-order valence-electron chi connectivity index (χ0n) is 8.00. The molecule has 1 heterocycles. The molecule has 0 aliphatic rings. The number of aryl methyl sites for hydroxylation is 2. The van der Waals surface area contributed by atoms with Gasteiger partial charge >= 0.3 is 5.69 Å². The topological polar surface area (TPSA) is 54.9 Å². The van der Waals surface area contributed by atoms with Crippen molar-refractivity contribution in [3.05, 3.63) is 44.6 Å². The molecular formula is C10H10N2O2. The highest BCUT2D eigenvalue weighted by Crippen LogP contribution is 2.08.